The molecule has 2 heterocycles. The van der Waals surface area contributed by atoms with Crippen molar-refractivity contribution in [1.29, 1.82) is 0 Å². The molecule has 0 bridgehead atoms. The molecule has 2 amide bonds. The van der Waals surface area contributed by atoms with E-state index < -0.39 is 6.04 Å². The quantitative estimate of drug-likeness (QED) is 0.466. The normalized spacial score (nSPS) is 16.4. The van der Waals surface area contributed by atoms with Crippen molar-refractivity contribution in [3.05, 3.63) is 70.7 Å². The summed E-state index contributed by atoms with van der Waals surface area (Å²) in [6.07, 6.45) is 0. The van der Waals surface area contributed by atoms with Crippen LogP contribution < -0.4 is 10.1 Å². The molecule has 2 aromatic carbocycles. The van der Waals surface area contributed by atoms with Crippen LogP contribution in [0.2, 0.25) is 5.02 Å². The third-order valence-corrected chi connectivity index (χ3v) is 5.64. The molecule has 4 rings (SSSR count). The van der Waals surface area contributed by atoms with Crippen molar-refractivity contribution in [3.8, 4) is 17.1 Å². The Labute approximate surface area is 198 Å². The van der Waals surface area contributed by atoms with Crippen molar-refractivity contribution in [3.63, 3.8) is 0 Å². The lowest BCUT2D eigenvalue weighted by atomic mass is 9.94. The third-order valence-electron chi connectivity index (χ3n) is 5.41. The number of nitrogens with zero attached hydrogens (tertiary/aromatic N) is 3. The first-order valence-corrected chi connectivity index (χ1v) is 11.4. The number of nitrogens with one attached hydrogen (secondary N) is 1. The number of hydrogen-bond donors (Lipinski definition) is 1. The number of urea groups is 1. The summed E-state index contributed by atoms with van der Waals surface area (Å²) in [7, 11) is 0. The van der Waals surface area contributed by atoms with Crippen LogP contribution in [0.5, 0.6) is 5.75 Å². The first-order chi connectivity index (χ1) is 15.9. The molecular weight excluding hydrogens is 440 g/mol. The van der Waals surface area contributed by atoms with Gasteiger partial charge in [0.05, 0.1) is 18.2 Å². The highest BCUT2D eigenvalue weighted by Crippen LogP contribution is 2.38. The summed E-state index contributed by atoms with van der Waals surface area (Å²) in [5.74, 6) is 1.85. The summed E-state index contributed by atoms with van der Waals surface area (Å²) >= 11 is 6.14. The van der Waals surface area contributed by atoms with Gasteiger partial charge < -0.3 is 14.6 Å². The van der Waals surface area contributed by atoms with Crippen LogP contribution in [0.1, 0.15) is 45.2 Å². The van der Waals surface area contributed by atoms with Crippen LogP contribution in [-0.4, -0.2) is 34.2 Å². The number of ether oxygens (including phenoxy) is 1. The maximum Gasteiger partial charge on any atom is 0.322 e. The fourth-order valence-electron chi connectivity index (χ4n) is 3.89. The van der Waals surface area contributed by atoms with Crippen LogP contribution >= 0.6 is 11.6 Å². The average molecular weight is 467 g/mol. The molecule has 1 aromatic heterocycles. The van der Waals surface area contributed by atoms with E-state index in [1.165, 1.54) is 0 Å². The fourth-order valence-corrected chi connectivity index (χ4v) is 4.08. The summed E-state index contributed by atoms with van der Waals surface area (Å²) in [4.78, 5) is 19.4. The van der Waals surface area contributed by atoms with E-state index in [-0.39, 0.29) is 6.03 Å². The van der Waals surface area contributed by atoms with Gasteiger partial charge in [-0.3, -0.25) is 4.90 Å². The summed E-state index contributed by atoms with van der Waals surface area (Å²) in [6, 6.07) is 14.4. The van der Waals surface area contributed by atoms with Gasteiger partial charge in [0.15, 0.2) is 0 Å². The van der Waals surface area contributed by atoms with Crippen LogP contribution in [-0.2, 0) is 0 Å². The number of carbonyl (C=O) groups excluding carboxylic acids is 1. The van der Waals surface area contributed by atoms with Gasteiger partial charge >= 0.3 is 6.03 Å². The molecule has 0 saturated carbocycles. The van der Waals surface area contributed by atoms with Crippen molar-refractivity contribution < 1.29 is 14.1 Å². The zero-order valence-electron chi connectivity index (χ0n) is 19.1. The summed E-state index contributed by atoms with van der Waals surface area (Å²) < 4.78 is 11.3. The monoisotopic (exact) mass is 466 g/mol. The van der Waals surface area contributed by atoms with Crippen molar-refractivity contribution in [2.75, 3.05) is 13.2 Å². The van der Waals surface area contributed by atoms with Crippen molar-refractivity contribution >= 4 is 23.2 Å². The zero-order valence-corrected chi connectivity index (χ0v) is 19.9. The molecular formula is C25H27ClN4O3. The van der Waals surface area contributed by atoms with Gasteiger partial charge in [-0.05, 0) is 49.6 Å². The van der Waals surface area contributed by atoms with E-state index in [1.807, 2.05) is 50.2 Å². The highest BCUT2D eigenvalue weighted by Gasteiger charge is 2.36. The second-order valence-corrected chi connectivity index (χ2v) is 8.76. The van der Waals surface area contributed by atoms with Crippen molar-refractivity contribution in [1.82, 2.24) is 20.4 Å². The van der Waals surface area contributed by atoms with E-state index in [1.54, 1.807) is 17.0 Å². The number of amides is 2. The van der Waals surface area contributed by atoms with Crippen LogP contribution in [0.4, 0.5) is 4.79 Å². The van der Waals surface area contributed by atoms with E-state index in [4.69, 9.17) is 20.9 Å². The van der Waals surface area contributed by atoms with Crippen molar-refractivity contribution in [2.24, 2.45) is 5.92 Å². The highest BCUT2D eigenvalue weighted by molar-refractivity contribution is 6.30. The maximum absolute atomic E-state index is 13.0. The van der Waals surface area contributed by atoms with Crippen molar-refractivity contribution in [2.45, 2.75) is 33.7 Å². The molecule has 172 valence electrons. The van der Waals surface area contributed by atoms with Gasteiger partial charge in [0.25, 0.3) is 5.89 Å². The molecule has 1 N–H and O–H groups in total. The summed E-state index contributed by atoms with van der Waals surface area (Å²) in [5.41, 5.74) is 3.20. The molecule has 1 aliphatic rings. The van der Waals surface area contributed by atoms with Crippen LogP contribution in [0, 0.1) is 5.92 Å². The van der Waals surface area contributed by atoms with Gasteiger partial charge in [-0.25, -0.2) is 4.79 Å². The van der Waals surface area contributed by atoms with E-state index in [9.17, 15) is 4.79 Å². The lowest BCUT2D eigenvalue weighted by molar-refractivity contribution is 0.199. The standard InChI is InChI=1S/C25H27ClN4O3/c1-5-32-20-11-9-17(10-12-20)22-21(16(4)30(14-15(2)3)25(31)27-22)24-28-23(29-33-24)18-7-6-8-19(26)13-18/h6-13,15,22H,5,14H2,1-4H3,(H,27,31). The lowest BCUT2D eigenvalue weighted by Gasteiger charge is -2.36. The van der Waals surface area contributed by atoms with Gasteiger partial charge in [0.1, 0.15) is 5.75 Å². The number of allylic oxidation sites excluding steroid dienone is 1. The Morgan fingerprint density at radius 1 is 1.21 bits per heavy atom. The predicted molar refractivity (Wildman–Crippen MR) is 128 cm³/mol. The predicted octanol–water partition coefficient (Wildman–Crippen LogP) is 5.94. The molecule has 8 heteroatoms. The average Bonchev–Trinajstić information content (AvgIpc) is 3.27. The van der Waals surface area contributed by atoms with E-state index in [0.717, 1.165) is 28.1 Å². The first kappa shape index (κ1) is 22.9. The topological polar surface area (TPSA) is 80.5 Å². The molecule has 7 nitrogen and oxygen atoms in total. The maximum atomic E-state index is 13.0. The van der Waals surface area contributed by atoms with Crippen LogP contribution in [0.25, 0.3) is 17.0 Å². The second kappa shape index (κ2) is 9.67. The van der Waals surface area contributed by atoms with E-state index in [0.29, 0.717) is 35.8 Å². The number of rotatable bonds is 7. The number of carbonyl (C=O) groups is 1. The van der Waals surface area contributed by atoms with Gasteiger partial charge in [-0.1, -0.05) is 54.9 Å². The minimum Gasteiger partial charge on any atom is -0.494 e. The van der Waals surface area contributed by atoms with Crippen LogP contribution in [0.3, 0.4) is 0 Å². The summed E-state index contributed by atoms with van der Waals surface area (Å²) in [5, 5.41) is 7.89. The molecule has 1 unspecified atom stereocenters. The SMILES string of the molecule is CCOc1ccc(C2NC(=O)N(CC(C)C)C(C)=C2c2nc(-c3cccc(Cl)c3)no2)cc1. The van der Waals surface area contributed by atoms with Gasteiger partial charge in [-0.15, -0.1) is 0 Å². The Morgan fingerprint density at radius 2 is 1.97 bits per heavy atom. The number of benzene rings is 2. The number of aromatic nitrogens is 2. The smallest absolute Gasteiger partial charge is 0.322 e. The highest BCUT2D eigenvalue weighted by atomic mass is 35.5. The lowest BCUT2D eigenvalue weighted by Crippen LogP contribution is -2.47. The molecule has 0 fully saturated rings. The van der Waals surface area contributed by atoms with Gasteiger partial charge in [0.2, 0.25) is 5.82 Å². The molecule has 0 spiro atoms. The van der Waals surface area contributed by atoms with E-state index >= 15 is 0 Å². The van der Waals surface area contributed by atoms with E-state index in [2.05, 4.69) is 29.3 Å². The molecule has 1 atom stereocenters. The second-order valence-electron chi connectivity index (χ2n) is 8.32. The molecule has 1 aliphatic heterocycles. The Bertz CT molecular complexity index is 1170. The molecule has 3 aromatic rings. The number of hydrogen-bond acceptors (Lipinski definition) is 5. The number of halogens is 1. The minimum atomic E-state index is -0.441. The molecule has 33 heavy (non-hydrogen) atoms. The fraction of sp³-hybridized carbons (Fsp3) is 0.320. The molecule has 0 aliphatic carbocycles. The van der Waals surface area contributed by atoms with Gasteiger partial charge in [-0.2, -0.15) is 4.98 Å². The Morgan fingerprint density at radius 3 is 2.64 bits per heavy atom. The molecule has 0 radical (unpaired) electrons. The third kappa shape index (κ3) is 4.88. The Kier molecular flexibility index (Phi) is 6.70. The Balaban J connectivity index is 1.78. The zero-order chi connectivity index (χ0) is 23.5. The largest absolute Gasteiger partial charge is 0.494 e. The van der Waals surface area contributed by atoms with Crippen LogP contribution in [0.15, 0.2) is 58.8 Å². The first-order valence-electron chi connectivity index (χ1n) is 11.0. The summed E-state index contributed by atoms with van der Waals surface area (Å²) in [6.45, 7) is 9.16. The van der Waals surface area contributed by atoms with Gasteiger partial charge in [0, 0.05) is 22.8 Å². The Hall–Kier alpha value is -3.32. The molecule has 0 saturated heterocycles. The minimum absolute atomic E-state index is 0.154.